The van der Waals surface area contributed by atoms with Crippen molar-refractivity contribution in [2.45, 2.75) is 30.4 Å². The van der Waals surface area contributed by atoms with E-state index in [1.165, 1.54) is 4.31 Å². The van der Waals surface area contributed by atoms with Gasteiger partial charge in [-0.1, -0.05) is 6.92 Å². The summed E-state index contributed by atoms with van der Waals surface area (Å²) in [6, 6.07) is 12.5. The first-order valence-electron chi connectivity index (χ1n) is 10.7. The van der Waals surface area contributed by atoms with Crippen molar-refractivity contribution in [1.82, 2.24) is 14.3 Å². The summed E-state index contributed by atoms with van der Waals surface area (Å²) in [6.07, 6.45) is 1.79. The fourth-order valence-electron chi connectivity index (χ4n) is 4.08. The highest BCUT2D eigenvalue weighted by Gasteiger charge is 2.36. The van der Waals surface area contributed by atoms with E-state index < -0.39 is 16.1 Å². The van der Waals surface area contributed by atoms with Gasteiger partial charge in [0.15, 0.2) is 0 Å². The minimum atomic E-state index is -3.79. The summed E-state index contributed by atoms with van der Waals surface area (Å²) in [5.41, 5.74) is 5.02. The molecule has 1 aliphatic rings. The van der Waals surface area contributed by atoms with E-state index in [2.05, 4.69) is 15.3 Å². The average molecular weight is 485 g/mol. The number of aromatic nitrogens is 2. The Bertz CT molecular complexity index is 1410. The quantitative estimate of drug-likeness (QED) is 0.429. The van der Waals surface area contributed by atoms with Crippen LogP contribution in [0.2, 0.25) is 0 Å². The van der Waals surface area contributed by atoms with Gasteiger partial charge in [-0.25, -0.2) is 13.4 Å². The maximum Gasteiger partial charge on any atom is 0.243 e. The van der Waals surface area contributed by atoms with Crippen LogP contribution in [0.25, 0.3) is 21.1 Å². The lowest BCUT2D eigenvalue weighted by molar-refractivity contribution is -0.0562. The maximum atomic E-state index is 13.6. The van der Waals surface area contributed by atoms with Crippen molar-refractivity contribution >= 4 is 53.9 Å². The second-order valence-electron chi connectivity index (χ2n) is 7.97. The van der Waals surface area contributed by atoms with Crippen molar-refractivity contribution in [1.29, 1.82) is 0 Å². The molecule has 5 rings (SSSR count). The number of morpholine rings is 1. The molecule has 0 spiro atoms. The van der Waals surface area contributed by atoms with Gasteiger partial charge in [0.1, 0.15) is 0 Å². The summed E-state index contributed by atoms with van der Waals surface area (Å²) in [4.78, 5) is 8.96. The molecule has 33 heavy (non-hydrogen) atoms. The van der Waals surface area contributed by atoms with E-state index >= 15 is 0 Å². The number of thiazole rings is 1. The van der Waals surface area contributed by atoms with Gasteiger partial charge >= 0.3 is 0 Å². The Hall–Kier alpha value is -2.63. The number of nitrogens with zero attached hydrogens (tertiary/aromatic N) is 3. The van der Waals surface area contributed by atoms with E-state index in [0.717, 1.165) is 21.6 Å². The molecule has 0 bridgehead atoms. The number of benzene rings is 2. The minimum absolute atomic E-state index is 0.126. The van der Waals surface area contributed by atoms with Gasteiger partial charge in [-0.2, -0.15) is 4.31 Å². The van der Waals surface area contributed by atoms with Crippen LogP contribution in [0.1, 0.15) is 13.3 Å². The number of anilines is 2. The molecule has 1 saturated heterocycles. The molecule has 2 atom stereocenters. The van der Waals surface area contributed by atoms with Gasteiger partial charge in [0.05, 0.1) is 45.5 Å². The highest BCUT2D eigenvalue weighted by molar-refractivity contribution is 7.89. The molecule has 0 amide bonds. The van der Waals surface area contributed by atoms with E-state index in [1.807, 2.05) is 36.7 Å². The lowest BCUT2D eigenvalue weighted by Crippen LogP contribution is -2.52. The summed E-state index contributed by atoms with van der Waals surface area (Å²) in [5, 5.41) is 13.6. The molecular weight excluding hydrogens is 460 g/mol. The number of pyridine rings is 1. The Morgan fingerprint density at radius 1 is 1.18 bits per heavy atom. The number of ether oxygens (including phenoxy) is 1. The normalized spacial score (nSPS) is 19.8. The van der Waals surface area contributed by atoms with Gasteiger partial charge in [-0.15, -0.1) is 11.3 Å². The van der Waals surface area contributed by atoms with Gasteiger partial charge in [0.25, 0.3) is 0 Å². The maximum absolute atomic E-state index is 13.6. The molecule has 8 nitrogen and oxygen atoms in total. The molecule has 2 aromatic carbocycles. The summed E-state index contributed by atoms with van der Waals surface area (Å²) < 4.78 is 35.3. The van der Waals surface area contributed by atoms with Gasteiger partial charge in [0.2, 0.25) is 10.0 Å². The Morgan fingerprint density at radius 3 is 2.88 bits per heavy atom. The molecule has 172 valence electrons. The third kappa shape index (κ3) is 4.20. The molecule has 0 saturated carbocycles. The number of hydrogen-bond donors (Lipinski definition) is 2. The predicted molar refractivity (Wildman–Crippen MR) is 129 cm³/mol. The number of nitrogens with one attached hydrogen (secondary N) is 1. The Labute approximate surface area is 195 Å². The zero-order valence-electron chi connectivity index (χ0n) is 18.0. The van der Waals surface area contributed by atoms with Crippen molar-refractivity contribution in [2.75, 3.05) is 25.1 Å². The molecular formula is C23H24N4O4S2. The van der Waals surface area contributed by atoms with Crippen molar-refractivity contribution in [3.05, 3.63) is 54.2 Å². The van der Waals surface area contributed by atoms with E-state index in [-0.39, 0.29) is 30.7 Å². The van der Waals surface area contributed by atoms with Crippen molar-refractivity contribution in [3.8, 4) is 0 Å². The summed E-state index contributed by atoms with van der Waals surface area (Å²) in [5.74, 6) is 0. The summed E-state index contributed by atoms with van der Waals surface area (Å²) >= 11 is 1.58. The fourth-order valence-corrected chi connectivity index (χ4v) is 6.48. The Kier molecular flexibility index (Phi) is 6.02. The molecule has 10 heteroatoms. The van der Waals surface area contributed by atoms with Crippen LogP contribution in [0.5, 0.6) is 0 Å². The fraction of sp³-hybridized carbons (Fsp3) is 0.304. The van der Waals surface area contributed by atoms with Crippen molar-refractivity contribution < 1.29 is 18.3 Å². The van der Waals surface area contributed by atoms with E-state index in [9.17, 15) is 13.5 Å². The Balaban J connectivity index is 1.53. The molecule has 2 aromatic heterocycles. The number of sulfonamides is 1. The molecule has 1 aliphatic heterocycles. The van der Waals surface area contributed by atoms with Crippen LogP contribution in [-0.4, -0.2) is 59.7 Å². The number of fused-ring (bicyclic) bond motifs is 2. The van der Waals surface area contributed by atoms with E-state index in [4.69, 9.17) is 4.74 Å². The van der Waals surface area contributed by atoms with Crippen LogP contribution in [0.4, 0.5) is 11.4 Å². The largest absolute Gasteiger partial charge is 0.394 e. The first-order chi connectivity index (χ1) is 16.0. The SMILES string of the molecule is CCC1COC(CO)CN1S(=O)(=O)c1ccc2nccc(Nc3ccc4scnc4c3)c2c1. The minimum Gasteiger partial charge on any atom is -0.394 e. The van der Waals surface area contributed by atoms with Crippen LogP contribution in [-0.2, 0) is 14.8 Å². The average Bonchev–Trinajstić information content (AvgIpc) is 3.31. The molecule has 0 radical (unpaired) electrons. The number of aliphatic hydroxyl groups is 1. The topological polar surface area (TPSA) is 105 Å². The van der Waals surface area contributed by atoms with Crippen LogP contribution in [0, 0.1) is 0 Å². The molecule has 2 unspecified atom stereocenters. The molecule has 3 heterocycles. The number of aliphatic hydroxyl groups excluding tert-OH is 1. The summed E-state index contributed by atoms with van der Waals surface area (Å²) in [6.45, 7) is 2.10. The van der Waals surface area contributed by atoms with Gasteiger partial charge < -0.3 is 15.2 Å². The third-order valence-electron chi connectivity index (χ3n) is 5.92. The second kappa shape index (κ2) is 8.96. The van der Waals surface area contributed by atoms with Gasteiger partial charge in [-0.05, 0) is 48.9 Å². The van der Waals surface area contributed by atoms with Crippen LogP contribution >= 0.6 is 11.3 Å². The smallest absolute Gasteiger partial charge is 0.243 e. The third-order valence-corrected chi connectivity index (χ3v) is 8.64. The van der Waals surface area contributed by atoms with Crippen molar-refractivity contribution in [3.63, 3.8) is 0 Å². The van der Waals surface area contributed by atoms with E-state index in [0.29, 0.717) is 17.3 Å². The highest BCUT2D eigenvalue weighted by Crippen LogP contribution is 2.31. The van der Waals surface area contributed by atoms with Gasteiger partial charge in [-0.3, -0.25) is 4.98 Å². The zero-order valence-corrected chi connectivity index (χ0v) is 19.6. The van der Waals surface area contributed by atoms with E-state index in [1.54, 1.807) is 35.7 Å². The zero-order chi connectivity index (χ0) is 23.0. The lowest BCUT2D eigenvalue weighted by atomic mass is 10.2. The van der Waals surface area contributed by atoms with Gasteiger partial charge in [0, 0.05) is 35.5 Å². The summed E-state index contributed by atoms with van der Waals surface area (Å²) in [7, 11) is -3.79. The monoisotopic (exact) mass is 484 g/mol. The number of rotatable bonds is 6. The van der Waals surface area contributed by atoms with Crippen LogP contribution in [0.3, 0.4) is 0 Å². The van der Waals surface area contributed by atoms with Crippen molar-refractivity contribution in [2.24, 2.45) is 0 Å². The standard InChI is InChI=1S/C23H24N4O4S2/c1-2-16-13-31-17(12-28)11-27(16)33(29,30)18-4-5-20-19(10-18)21(7-8-24-20)26-15-3-6-23-22(9-15)25-14-32-23/h3-10,14,16-17,28H,2,11-13H2,1H3,(H,24,26). The first kappa shape index (κ1) is 22.2. The molecule has 1 fully saturated rings. The lowest BCUT2D eigenvalue weighted by Gasteiger charge is -2.37. The first-order valence-corrected chi connectivity index (χ1v) is 13.0. The predicted octanol–water partition coefficient (Wildman–Crippen LogP) is 3.75. The van der Waals surface area contributed by atoms with Crippen LogP contribution < -0.4 is 5.32 Å². The number of hydrogen-bond acceptors (Lipinski definition) is 8. The molecule has 4 aromatic rings. The molecule has 2 N–H and O–H groups in total. The highest BCUT2D eigenvalue weighted by atomic mass is 32.2. The molecule has 0 aliphatic carbocycles. The Morgan fingerprint density at radius 2 is 2.06 bits per heavy atom. The van der Waals surface area contributed by atoms with Crippen LogP contribution in [0.15, 0.2) is 59.1 Å². The second-order valence-corrected chi connectivity index (χ2v) is 10.7.